The first-order valence-corrected chi connectivity index (χ1v) is 4.65. The van der Waals surface area contributed by atoms with E-state index in [9.17, 15) is 4.57 Å². The summed E-state index contributed by atoms with van der Waals surface area (Å²) in [4.78, 5) is 8.53. The summed E-state index contributed by atoms with van der Waals surface area (Å²) in [6, 6.07) is 0.185. The van der Waals surface area contributed by atoms with Gasteiger partial charge in [-0.2, -0.15) is 4.89 Å². The SMILES string of the molecule is N[C@@H]1CC=C(C[P+](=O)O)C1. The summed E-state index contributed by atoms with van der Waals surface area (Å²) >= 11 is 0. The molecule has 0 aromatic carbocycles. The molecule has 1 unspecified atom stereocenters. The predicted molar refractivity (Wildman–Crippen MR) is 40.0 cm³/mol. The molecule has 0 saturated heterocycles. The minimum Gasteiger partial charge on any atom is -0.327 e. The van der Waals surface area contributed by atoms with Crippen LogP contribution in [0.4, 0.5) is 0 Å². The highest BCUT2D eigenvalue weighted by atomic mass is 31.1. The Balaban J connectivity index is 2.37. The van der Waals surface area contributed by atoms with Crippen LogP contribution in [0.15, 0.2) is 11.6 Å². The highest BCUT2D eigenvalue weighted by Gasteiger charge is 2.20. The van der Waals surface area contributed by atoms with Crippen molar-refractivity contribution in [1.29, 1.82) is 0 Å². The number of nitrogens with two attached hydrogens (primary N) is 1. The van der Waals surface area contributed by atoms with Gasteiger partial charge in [0.25, 0.3) is 0 Å². The molecular formula is C6H11NO2P+. The molecule has 1 rings (SSSR count). The van der Waals surface area contributed by atoms with Gasteiger partial charge in [0.1, 0.15) is 0 Å². The van der Waals surface area contributed by atoms with Crippen molar-refractivity contribution in [2.45, 2.75) is 18.9 Å². The molecule has 0 aromatic rings. The van der Waals surface area contributed by atoms with Crippen LogP contribution in [-0.2, 0) is 4.57 Å². The van der Waals surface area contributed by atoms with E-state index in [1.165, 1.54) is 0 Å². The summed E-state index contributed by atoms with van der Waals surface area (Å²) in [5.74, 6) is 0. The lowest BCUT2D eigenvalue weighted by atomic mass is 10.2. The van der Waals surface area contributed by atoms with Gasteiger partial charge in [0, 0.05) is 6.04 Å². The average Bonchev–Trinajstić information content (AvgIpc) is 2.13. The average molecular weight is 160 g/mol. The van der Waals surface area contributed by atoms with Gasteiger partial charge in [0.05, 0.1) is 0 Å². The van der Waals surface area contributed by atoms with Crippen molar-refractivity contribution >= 4 is 8.03 Å². The Morgan fingerprint density at radius 1 is 1.90 bits per heavy atom. The summed E-state index contributed by atoms with van der Waals surface area (Å²) in [5.41, 5.74) is 6.61. The Morgan fingerprint density at radius 2 is 2.60 bits per heavy atom. The van der Waals surface area contributed by atoms with E-state index in [1.807, 2.05) is 6.08 Å². The molecule has 3 N–H and O–H groups in total. The first-order chi connectivity index (χ1) is 4.68. The van der Waals surface area contributed by atoms with Crippen LogP contribution in [0.2, 0.25) is 0 Å². The van der Waals surface area contributed by atoms with E-state index in [4.69, 9.17) is 10.6 Å². The van der Waals surface area contributed by atoms with E-state index in [-0.39, 0.29) is 6.04 Å². The molecule has 1 aliphatic carbocycles. The zero-order chi connectivity index (χ0) is 7.56. The molecule has 56 valence electrons. The number of hydrogen-bond donors (Lipinski definition) is 2. The van der Waals surface area contributed by atoms with Crippen LogP contribution in [0, 0.1) is 0 Å². The smallest absolute Gasteiger partial charge is 0.327 e. The normalized spacial score (nSPS) is 26.4. The van der Waals surface area contributed by atoms with Crippen molar-refractivity contribution in [3.63, 3.8) is 0 Å². The Bertz CT molecular complexity index is 179. The fraction of sp³-hybridized carbons (Fsp3) is 0.667. The van der Waals surface area contributed by atoms with Crippen molar-refractivity contribution in [3.8, 4) is 0 Å². The first kappa shape index (κ1) is 7.86. The highest BCUT2D eigenvalue weighted by molar-refractivity contribution is 7.38. The summed E-state index contributed by atoms with van der Waals surface area (Å²) in [5, 5.41) is 0. The molecule has 0 fully saturated rings. The fourth-order valence-electron chi connectivity index (χ4n) is 1.12. The topological polar surface area (TPSA) is 63.3 Å². The predicted octanol–water partition coefficient (Wildman–Crippen LogP) is 0.769. The molecule has 0 aromatic heterocycles. The van der Waals surface area contributed by atoms with Gasteiger partial charge in [-0.25, -0.2) is 0 Å². The molecule has 0 saturated carbocycles. The molecule has 4 heteroatoms. The Labute approximate surface area is 60.8 Å². The largest absolute Gasteiger partial charge is 0.509 e. The molecule has 3 nitrogen and oxygen atoms in total. The van der Waals surface area contributed by atoms with Crippen molar-refractivity contribution in [2.24, 2.45) is 5.73 Å². The number of hydrogen-bond acceptors (Lipinski definition) is 2. The Hall–Kier alpha value is -0.240. The molecule has 0 radical (unpaired) electrons. The highest BCUT2D eigenvalue weighted by Crippen LogP contribution is 2.25. The molecule has 10 heavy (non-hydrogen) atoms. The second-order valence-corrected chi connectivity index (χ2v) is 3.59. The third-order valence-corrected chi connectivity index (χ3v) is 2.25. The lowest BCUT2D eigenvalue weighted by Crippen LogP contribution is -2.15. The van der Waals surface area contributed by atoms with Gasteiger partial charge >= 0.3 is 8.03 Å². The van der Waals surface area contributed by atoms with Crippen LogP contribution in [0.5, 0.6) is 0 Å². The van der Waals surface area contributed by atoms with Gasteiger partial charge in [-0.05, 0) is 23.0 Å². The van der Waals surface area contributed by atoms with Crippen molar-refractivity contribution in [1.82, 2.24) is 0 Å². The van der Waals surface area contributed by atoms with Gasteiger partial charge in [0.2, 0.25) is 0 Å². The zero-order valence-corrected chi connectivity index (χ0v) is 6.55. The third-order valence-electron chi connectivity index (χ3n) is 1.57. The van der Waals surface area contributed by atoms with Crippen LogP contribution in [0.3, 0.4) is 0 Å². The van der Waals surface area contributed by atoms with E-state index in [0.717, 1.165) is 18.4 Å². The lowest BCUT2D eigenvalue weighted by Gasteiger charge is -1.96. The quantitative estimate of drug-likeness (QED) is 0.463. The fourth-order valence-corrected chi connectivity index (χ4v) is 1.73. The van der Waals surface area contributed by atoms with Crippen LogP contribution in [0.1, 0.15) is 12.8 Å². The first-order valence-electron chi connectivity index (χ1n) is 3.25. The standard InChI is InChI=1S/C6H10NO2P/c7-6-2-1-5(3-6)4-10(8)9/h1,6H,2-4,7H2/p+1/t6-/m1/s1. The Kier molecular flexibility index (Phi) is 2.55. The van der Waals surface area contributed by atoms with Crippen LogP contribution in [-0.4, -0.2) is 17.1 Å². The van der Waals surface area contributed by atoms with Crippen LogP contribution < -0.4 is 5.73 Å². The molecule has 0 aliphatic heterocycles. The second-order valence-electron chi connectivity index (χ2n) is 2.57. The van der Waals surface area contributed by atoms with E-state index in [1.54, 1.807) is 0 Å². The van der Waals surface area contributed by atoms with Gasteiger partial charge in [-0.3, -0.25) is 0 Å². The van der Waals surface area contributed by atoms with E-state index in [0.29, 0.717) is 6.16 Å². The zero-order valence-electron chi connectivity index (χ0n) is 5.66. The van der Waals surface area contributed by atoms with Gasteiger partial charge < -0.3 is 5.73 Å². The maximum absolute atomic E-state index is 10.3. The third kappa shape index (κ3) is 2.18. The summed E-state index contributed by atoms with van der Waals surface area (Å²) in [7, 11) is -2.00. The summed E-state index contributed by atoms with van der Waals surface area (Å²) < 4.78 is 10.3. The van der Waals surface area contributed by atoms with Crippen molar-refractivity contribution in [2.75, 3.05) is 6.16 Å². The lowest BCUT2D eigenvalue weighted by molar-refractivity contribution is 0.505. The minimum atomic E-state index is -2.00. The molecule has 0 bridgehead atoms. The molecule has 0 heterocycles. The Morgan fingerprint density at radius 3 is 3.00 bits per heavy atom. The molecule has 2 atom stereocenters. The minimum absolute atomic E-state index is 0.185. The maximum Gasteiger partial charge on any atom is 0.509 e. The monoisotopic (exact) mass is 160 g/mol. The molecule has 0 amide bonds. The van der Waals surface area contributed by atoms with Gasteiger partial charge in [-0.1, -0.05) is 6.08 Å². The van der Waals surface area contributed by atoms with Crippen LogP contribution >= 0.6 is 8.03 Å². The maximum atomic E-state index is 10.3. The number of rotatable bonds is 2. The molecule has 0 spiro atoms. The van der Waals surface area contributed by atoms with E-state index >= 15 is 0 Å². The van der Waals surface area contributed by atoms with Gasteiger partial charge in [0.15, 0.2) is 6.16 Å². The van der Waals surface area contributed by atoms with E-state index in [2.05, 4.69) is 0 Å². The summed E-state index contributed by atoms with van der Waals surface area (Å²) in [6.07, 6.45) is 3.93. The molecule has 1 aliphatic rings. The van der Waals surface area contributed by atoms with Crippen molar-refractivity contribution in [3.05, 3.63) is 11.6 Å². The van der Waals surface area contributed by atoms with Crippen LogP contribution in [0.25, 0.3) is 0 Å². The van der Waals surface area contributed by atoms with E-state index < -0.39 is 8.03 Å². The second kappa shape index (κ2) is 3.24. The van der Waals surface area contributed by atoms with Gasteiger partial charge in [-0.15, -0.1) is 0 Å². The van der Waals surface area contributed by atoms with Crippen molar-refractivity contribution < 1.29 is 9.46 Å². The molecular weight excluding hydrogens is 149 g/mol. The summed E-state index contributed by atoms with van der Waals surface area (Å²) in [6.45, 7) is 0.